The van der Waals surface area contributed by atoms with Crippen LogP contribution in [-0.2, 0) is 18.3 Å². The zero-order valence-electron chi connectivity index (χ0n) is 20.6. The number of carbonyl (C=O) groups excluding carboxylic acids is 1. The molecular weight excluding hydrogens is 466 g/mol. The number of benzene rings is 1. The molecule has 34 heavy (non-hydrogen) atoms. The minimum Gasteiger partial charge on any atom is -0.322 e. The molecule has 0 aliphatic heterocycles. The van der Waals surface area contributed by atoms with E-state index in [1.165, 1.54) is 23.1 Å². The van der Waals surface area contributed by atoms with E-state index in [0.29, 0.717) is 10.5 Å². The van der Waals surface area contributed by atoms with Crippen LogP contribution in [0.2, 0.25) is 0 Å². The summed E-state index contributed by atoms with van der Waals surface area (Å²) in [5.74, 6) is -0.0385. The lowest BCUT2D eigenvalue weighted by molar-refractivity contribution is -0.113. The van der Waals surface area contributed by atoms with Gasteiger partial charge in [-0.05, 0) is 69.9 Å². The molecule has 0 unspecified atom stereocenters. The molecule has 0 bridgehead atoms. The first-order valence-electron chi connectivity index (χ1n) is 11.2. The minimum absolute atomic E-state index is 0.0868. The van der Waals surface area contributed by atoms with Crippen molar-refractivity contribution < 1.29 is 4.79 Å². The van der Waals surface area contributed by atoms with Gasteiger partial charge in [0.05, 0.1) is 33.9 Å². The minimum atomic E-state index is -0.165. The van der Waals surface area contributed by atoms with Crippen molar-refractivity contribution in [2.24, 2.45) is 7.05 Å². The molecule has 7 nitrogen and oxygen atoms in total. The van der Waals surface area contributed by atoms with Gasteiger partial charge < -0.3 is 5.32 Å². The molecule has 178 valence electrons. The molecule has 0 saturated heterocycles. The monoisotopic (exact) mass is 495 g/mol. The summed E-state index contributed by atoms with van der Waals surface area (Å²) in [6, 6.07) is 5.95. The van der Waals surface area contributed by atoms with E-state index in [-0.39, 0.29) is 17.2 Å². The molecule has 4 aromatic rings. The Balaban J connectivity index is 1.75. The number of thioether (sulfide) groups is 1. The summed E-state index contributed by atoms with van der Waals surface area (Å²) in [4.78, 5) is 33.3. The van der Waals surface area contributed by atoms with Gasteiger partial charge in [0.25, 0.3) is 5.56 Å². The normalized spacial score (nSPS) is 11.4. The number of hydrogen-bond acceptors (Lipinski definition) is 6. The van der Waals surface area contributed by atoms with Gasteiger partial charge in [-0.1, -0.05) is 24.8 Å². The highest BCUT2D eigenvalue weighted by Gasteiger charge is 2.21. The van der Waals surface area contributed by atoms with Crippen molar-refractivity contribution in [2.45, 2.75) is 53.1 Å². The smallest absolute Gasteiger partial charge is 0.267 e. The molecule has 1 amide bonds. The predicted octanol–water partition coefficient (Wildman–Crippen LogP) is 5.02. The largest absolute Gasteiger partial charge is 0.322 e. The fraction of sp³-hybridized carbons (Fsp3) is 0.360. The van der Waals surface area contributed by atoms with Gasteiger partial charge in [-0.2, -0.15) is 5.10 Å². The van der Waals surface area contributed by atoms with Crippen LogP contribution in [0.3, 0.4) is 0 Å². The maximum Gasteiger partial charge on any atom is 0.267 e. The van der Waals surface area contributed by atoms with Crippen LogP contribution in [0.5, 0.6) is 0 Å². The lowest BCUT2D eigenvalue weighted by atomic mass is 10.1. The molecule has 0 aliphatic rings. The van der Waals surface area contributed by atoms with Gasteiger partial charge in [-0.25, -0.2) is 4.98 Å². The van der Waals surface area contributed by atoms with Gasteiger partial charge in [0, 0.05) is 11.9 Å². The molecule has 0 saturated carbocycles. The van der Waals surface area contributed by atoms with Crippen molar-refractivity contribution >= 4 is 44.9 Å². The summed E-state index contributed by atoms with van der Waals surface area (Å²) in [5, 5.41) is 8.51. The van der Waals surface area contributed by atoms with E-state index >= 15 is 0 Å². The van der Waals surface area contributed by atoms with E-state index in [9.17, 15) is 9.59 Å². The molecule has 3 aromatic heterocycles. The Morgan fingerprint density at radius 3 is 2.50 bits per heavy atom. The number of aryl methyl sites for hydroxylation is 6. The number of rotatable bonds is 6. The number of carbonyl (C=O) groups is 1. The molecule has 0 atom stereocenters. The fourth-order valence-corrected chi connectivity index (χ4v) is 6.04. The van der Waals surface area contributed by atoms with Crippen molar-refractivity contribution in [2.75, 3.05) is 11.1 Å². The first-order chi connectivity index (χ1) is 16.1. The Morgan fingerprint density at radius 1 is 1.15 bits per heavy atom. The van der Waals surface area contributed by atoms with Crippen molar-refractivity contribution in [3.63, 3.8) is 0 Å². The van der Waals surface area contributed by atoms with E-state index in [1.807, 2.05) is 59.9 Å². The number of anilines is 1. The maximum absolute atomic E-state index is 13.8. The maximum atomic E-state index is 13.8. The predicted molar refractivity (Wildman–Crippen MR) is 141 cm³/mol. The Bertz CT molecular complexity index is 1480. The van der Waals surface area contributed by atoms with Gasteiger partial charge in [0.2, 0.25) is 5.91 Å². The van der Waals surface area contributed by atoms with Crippen LogP contribution < -0.4 is 10.9 Å². The van der Waals surface area contributed by atoms with E-state index in [2.05, 4.69) is 17.3 Å². The van der Waals surface area contributed by atoms with Crippen molar-refractivity contribution in [1.29, 1.82) is 0 Å². The molecule has 3 heterocycles. The first-order valence-corrected chi connectivity index (χ1v) is 13.0. The SMILES string of the molecule is CCc1c(C)sc2nc(SCC(=O)Nc3c(C)nn(C)c3C)n(-c3ccc(C)c(C)c3)c(=O)c12. The summed E-state index contributed by atoms with van der Waals surface area (Å²) in [6.07, 6.45) is 0.772. The highest BCUT2D eigenvalue weighted by molar-refractivity contribution is 7.99. The average molecular weight is 496 g/mol. The fourth-order valence-electron chi connectivity index (χ4n) is 4.07. The Labute approximate surface area is 207 Å². The lowest BCUT2D eigenvalue weighted by Gasteiger charge is -2.14. The zero-order chi connectivity index (χ0) is 24.7. The van der Waals surface area contributed by atoms with E-state index in [4.69, 9.17) is 4.98 Å². The third-order valence-electron chi connectivity index (χ3n) is 6.20. The van der Waals surface area contributed by atoms with Crippen LogP contribution in [-0.4, -0.2) is 31.0 Å². The third kappa shape index (κ3) is 4.30. The van der Waals surface area contributed by atoms with Gasteiger partial charge in [0.15, 0.2) is 5.16 Å². The lowest BCUT2D eigenvalue weighted by Crippen LogP contribution is -2.23. The quantitative estimate of drug-likeness (QED) is 0.300. The van der Waals surface area contributed by atoms with Crippen LogP contribution in [0.25, 0.3) is 15.9 Å². The number of nitrogens with zero attached hydrogens (tertiary/aromatic N) is 4. The highest BCUT2D eigenvalue weighted by Crippen LogP contribution is 2.31. The Hall–Kier alpha value is -2.91. The molecule has 1 aromatic carbocycles. The zero-order valence-corrected chi connectivity index (χ0v) is 22.2. The number of amides is 1. The van der Waals surface area contributed by atoms with E-state index in [0.717, 1.165) is 55.6 Å². The number of hydrogen-bond donors (Lipinski definition) is 1. The highest BCUT2D eigenvalue weighted by atomic mass is 32.2. The van der Waals surface area contributed by atoms with Crippen LogP contribution in [0.15, 0.2) is 28.2 Å². The molecular formula is C25H29N5O2S2. The summed E-state index contributed by atoms with van der Waals surface area (Å²) in [5.41, 5.74) is 6.36. The molecule has 9 heteroatoms. The van der Waals surface area contributed by atoms with E-state index in [1.54, 1.807) is 9.25 Å². The third-order valence-corrected chi connectivity index (χ3v) is 8.18. The molecule has 4 rings (SSSR count). The van der Waals surface area contributed by atoms with Gasteiger partial charge in [0.1, 0.15) is 4.83 Å². The average Bonchev–Trinajstić information content (AvgIpc) is 3.24. The first kappa shape index (κ1) is 24.2. The van der Waals surface area contributed by atoms with Gasteiger partial charge >= 0.3 is 0 Å². The van der Waals surface area contributed by atoms with Crippen molar-refractivity contribution in [1.82, 2.24) is 19.3 Å². The van der Waals surface area contributed by atoms with Crippen molar-refractivity contribution in [3.05, 3.63) is 61.5 Å². The molecule has 0 radical (unpaired) electrons. The van der Waals surface area contributed by atoms with Crippen molar-refractivity contribution in [3.8, 4) is 5.69 Å². The molecule has 0 spiro atoms. The van der Waals surface area contributed by atoms with Crippen LogP contribution in [0, 0.1) is 34.6 Å². The van der Waals surface area contributed by atoms with E-state index < -0.39 is 0 Å². The van der Waals surface area contributed by atoms with Crippen LogP contribution in [0.1, 0.15) is 39.9 Å². The van der Waals surface area contributed by atoms with Crippen LogP contribution >= 0.6 is 23.1 Å². The Morgan fingerprint density at radius 2 is 1.88 bits per heavy atom. The molecule has 0 aliphatic carbocycles. The second-order valence-corrected chi connectivity index (χ2v) is 10.6. The summed E-state index contributed by atoms with van der Waals surface area (Å²) >= 11 is 2.80. The topological polar surface area (TPSA) is 81.8 Å². The number of fused-ring (bicyclic) bond motifs is 1. The molecule has 1 N–H and O–H groups in total. The number of aromatic nitrogens is 4. The summed E-state index contributed by atoms with van der Waals surface area (Å²) in [7, 11) is 1.85. The molecule has 0 fully saturated rings. The van der Waals surface area contributed by atoms with Gasteiger partial charge in [-0.3, -0.25) is 18.8 Å². The van der Waals surface area contributed by atoms with Crippen LogP contribution in [0.4, 0.5) is 5.69 Å². The Kier molecular flexibility index (Phi) is 6.69. The number of nitrogens with one attached hydrogen (secondary N) is 1. The van der Waals surface area contributed by atoms with Gasteiger partial charge in [-0.15, -0.1) is 11.3 Å². The summed E-state index contributed by atoms with van der Waals surface area (Å²) in [6.45, 7) is 11.9. The standard InChI is InChI=1S/C25H29N5O2S2/c1-8-19-17(6)34-23-21(19)24(32)30(18-10-9-13(2)14(3)11-18)25(27-23)33-12-20(31)26-22-15(4)28-29(7)16(22)5/h9-11H,8,12H2,1-7H3,(H,26,31). The summed E-state index contributed by atoms with van der Waals surface area (Å²) < 4.78 is 3.40. The second-order valence-electron chi connectivity index (χ2n) is 8.48. The second kappa shape index (κ2) is 9.38. The number of thiophene rings is 1.